The monoisotopic (exact) mass is 1170 g/mol. The van der Waals surface area contributed by atoms with Crippen molar-refractivity contribution >= 4 is 29.7 Å². The number of hydrogen-bond acceptors (Lipinski definition) is 21. The molecule has 5 N–H and O–H groups in total. The van der Waals surface area contributed by atoms with Crippen LogP contribution in [-0.2, 0) is 68.9 Å². The van der Waals surface area contributed by atoms with Crippen molar-refractivity contribution in [1.29, 1.82) is 0 Å². The van der Waals surface area contributed by atoms with Crippen LogP contribution in [-0.4, -0.2) is 255 Å². The van der Waals surface area contributed by atoms with E-state index in [0.29, 0.717) is 220 Å². The molecule has 6 heterocycles. The number of aliphatic carboxylic acids is 1. The molecule has 2 fully saturated rings. The Balaban J connectivity index is 0.883. The Morgan fingerprint density at radius 1 is 0.393 bits per heavy atom. The quantitative estimate of drug-likeness (QED) is 0.0841. The molecule has 4 aromatic rings. The molecule has 0 saturated carbocycles. The molecule has 2 aliphatic heterocycles. The third-order valence-electron chi connectivity index (χ3n) is 13.4. The predicted molar refractivity (Wildman–Crippen MR) is 304 cm³/mol. The van der Waals surface area contributed by atoms with Crippen LogP contribution in [0.4, 0.5) is 0 Å². The summed E-state index contributed by atoms with van der Waals surface area (Å²) in [5.74, 6) is -4.31. The molecule has 2 amide bonds. The second-order valence-corrected chi connectivity index (χ2v) is 19.8. The number of carbonyl (C=O) groups is 5. The first-order chi connectivity index (χ1) is 41.0. The average Bonchev–Trinajstić information content (AvgIpc) is 3.68. The lowest BCUT2D eigenvalue weighted by Gasteiger charge is -2.23. The van der Waals surface area contributed by atoms with Crippen LogP contribution in [0, 0.1) is 0 Å². The Morgan fingerprint density at radius 3 is 0.976 bits per heavy atom. The van der Waals surface area contributed by atoms with Crippen molar-refractivity contribution < 1.29 is 77.2 Å². The minimum Gasteiger partial charge on any atom is -0.480 e. The minimum atomic E-state index is -1.18. The van der Waals surface area contributed by atoms with Crippen LogP contribution in [0.2, 0.25) is 0 Å². The van der Waals surface area contributed by atoms with Crippen molar-refractivity contribution in [2.24, 2.45) is 0 Å². The number of amides is 2. The number of nitrogens with one attached hydrogen (secondary N) is 2. The molecular weight excluding hydrogens is 1090 g/mol. The lowest BCUT2D eigenvalue weighted by atomic mass is 10.1. The van der Waals surface area contributed by atoms with Gasteiger partial charge in [0.25, 0.3) is 11.8 Å². The van der Waals surface area contributed by atoms with Crippen molar-refractivity contribution in [1.82, 2.24) is 50.2 Å². The van der Waals surface area contributed by atoms with Gasteiger partial charge in [0.15, 0.2) is 0 Å². The highest BCUT2D eigenvalue weighted by Gasteiger charge is 2.22. The standard InChI is InChI=1S/C58H82N10O16/c69-54(49-12-3-7-45(60-49)41-65-17-25-77-33-37-81-29-21-67(22-30-82-38-34-78-26-18-65)43-47-9-5-14-51(62-47)56(71)72)59-16-2-1-11-53(58(75)76)64-55(70)50-13-4-8-46(61-50)42-66-19-27-79-35-39-83-31-23-68(24-32-84-40-36-80-28-20-66)44-48-10-6-15-52(63-48)57(73)74/h3-10,12-15,53H,1-2,11,16-44H2,(H,59,69)(H,64,70)(H,71,72)(H,73,74)(H,75,76)/t53-/m1/s1. The molecule has 0 unspecified atom stereocenters. The molecule has 0 bridgehead atoms. The van der Waals surface area contributed by atoms with Gasteiger partial charge in [-0.25, -0.2) is 34.3 Å². The predicted octanol–water partition coefficient (Wildman–Crippen LogP) is 2.21. The van der Waals surface area contributed by atoms with Crippen LogP contribution in [0.5, 0.6) is 0 Å². The van der Waals surface area contributed by atoms with E-state index in [0.717, 1.165) is 0 Å². The van der Waals surface area contributed by atoms with Gasteiger partial charge in [0, 0.05) is 85.1 Å². The Labute approximate surface area is 490 Å². The number of nitrogens with zero attached hydrogens (tertiary/aromatic N) is 8. The Hall–Kier alpha value is -6.53. The molecule has 460 valence electrons. The highest BCUT2D eigenvalue weighted by Crippen LogP contribution is 2.11. The van der Waals surface area contributed by atoms with Crippen molar-refractivity contribution in [3.8, 4) is 0 Å². The van der Waals surface area contributed by atoms with Crippen molar-refractivity contribution in [3.63, 3.8) is 0 Å². The van der Waals surface area contributed by atoms with Crippen LogP contribution in [0.25, 0.3) is 0 Å². The first-order valence-corrected chi connectivity index (χ1v) is 28.6. The Kier molecular flexibility index (Phi) is 31.0. The molecule has 4 aromatic heterocycles. The van der Waals surface area contributed by atoms with Gasteiger partial charge in [0.1, 0.15) is 28.8 Å². The molecular formula is C58H82N10O16. The van der Waals surface area contributed by atoms with Crippen molar-refractivity contribution in [3.05, 3.63) is 118 Å². The van der Waals surface area contributed by atoms with Crippen LogP contribution < -0.4 is 10.6 Å². The summed E-state index contributed by atoms with van der Waals surface area (Å²) >= 11 is 0. The number of aromatic nitrogens is 4. The topological polar surface area (TPSA) is 308 Å². The summed E-state index contributed by atoms with van der Waals surface area (Å²) in [6.07, 6.45) is 0.989. The van der Waals surface area contributed by atoms with Crippen LogP contribution >= 0.6 is 0 Å². The summed E-state index contributed by atoms with van der Waals surface area (Å²) in [6.45, 7) is 13.1. The molecule has 26 heteroatoms. The van der Waals surface area contributed by atoms with Gasteiger partial charge in [-0.15, -0.1) is 0 Å². The summed E-state index contributed by atoms with van der Waals surface area (Å²) in [7, 11) is 0. The van der Waals surface area contributed by atoms with E-state index in [2.05, 4.69) is 50.2 Å². The number of pyridine rings is 4. The lowest BCUT2D eigenvalue weighted by molar-refractivity contribution is -0.139. The van der Waals surface area contributed by atoms with E-state index in [9.17, 15) is 39.3 Å². The van der Waals surface area contributed by atoms with E-state index >= 15 is 0 Å². The first-order valence-electron chi connectivity index (χ1n) is 28.6. The van der Waals surface area contributed by atoms with Crippen molar-refractivity contribution in [2.75, 3.05) is 165 Å². The third kappa shape index (κ3) is 26.6. The molecule has 0 aliphatic carbocycles. The number of aromatic carboxylic acids is 2. The molecule has 0 aromatic carbocycles. The van der Waals surface area contributed by atoms with E-state index in [4.69, 9.17) is 37.9 Å². The second-order valence-electron chi connectivity index (χ2n) is 19.8. The van der Waals surface area contributed by atoms with Gasteiger partial charge < -0.3 is 63.8 Å². The number of unbranched alkanes of at least 4 members (excludes halogenated alkanes) is 1. The number of carboxylic acid groups (broad SMARTS) is 3. The number of carbonyl (C=O) groups excluding carboxylic acids is 2. The van der Waals surface area contributed by atoms with Gasteiger partial charge in [0.05, 0.1) is 128 Å². The van der Waals surface area contributed by atoms with E-state index in [-0.39, 0.29) is 41.6 Å². The third-order valence-corrected chi connectivity index (χ3v) is 13.4. The summed E-state index contributed by atoms with van der Waals surface area (Å²) in [4.78, 5) is 88.0. The molecule has 0 spiro atoms. The summed E-state index contributed by atoms with van der Waals surface area (Å²) < 4.78 is 47.0. The van der Waals surface area contributed by atoms with Crippen molar-refractivity contribution in [2.45, 2.75) is 51.5 Å². The zero-order valence-corrected chi connectivity index (χ0v) is 47.9. The summed E-state index contributed by atoms with van der Waals surface area (Å²) in [5.41, 5.74) is 2.91. The number of hydrogen-bond donors (Lipinski definition) is 5. The highest BCUT2D eigenvalue weighted by molar-refractivity contribution is 5.95. The van der Waals surface area contributed by atoms with Gasteiger partial charge in [-0.1, -0.05) is 24.3 Å². The van der Waals surface area contributed by atoms with Crippen LogP contribution in [0.1, 0.15) is 84.0 Å². The Morgan fingerprint density at radius 2 is 0.679 bits per heavy atom. The average molecular weight is 1180 g/mol. The largest absolute Gasteiger partial charge is 0.480 e. The van der Waals surface area contributed by atoms with E-state index in [1.54, 1.807) is 54.6 Å². The van der Waals surface area contributed by atoms with E-state index < -0.39 is 29.9 Å². The SMILES string of the molecule is O=C(O)c1cccc(CN2CCOCCOCCN(Cc3cccc(C(=O)NCCCC[C@@H](NC(=O)c4cccc(CN5CCOCCOCCN(Cc6cccc(C(=O)O)n6)CCOCCOCC5)n4)C(=O)O)n3)CCOCCOCC2)n1. The van der Waals surface area contributed by atoms with E-state index in [1.165, 1.54) is 12.1 Å². The molecule has 0 radical (unpaired) electrons. The fourth-order valence-electron chi connectivity index (χ4n) is 8.85. The number of ether oxygens (including phenoxy) is 8. The minimum absolute atomic E-state index is 0.000713. The molecule has 26 nitrogen and oxygen atoms in total. The molecule has 2 aliphatic rings. The van der Waals surface area contributed by atoms with E-state index in [1.807, 2.05) is 6.07 Å². The number of rotatable bonds is 19. The molecule has 6 rings (SSSR count). The summed E-state index contributed by atoms with van der Waals surface area (Å²) in [5, 5.41) is 34.3. The first kappa shape index (κ1) is 66.6. The van der Waals surface area contributed by atoms with Gasteiger partial charge in [-0.3, -0.25) is 29.2 Å². The second kappa shape index (κ2) is 39.2. The summed E-state index contributed by atoms with van der Waals surface area (Å²) in [6, 6.07) is 19.0. The van der Waals surface area contributed by atoms with Gasteiger partial charge in [-0.2, -0.15) is 0 Å². The van der Waals surface area contributed by atoms with Crippen LogP contribution in [0.15, 0.2) is 72.8 Å². The maximum atomic E-state index is 13.4. The van der Waals surface area contributed by atoms with Gasteiger partial charge >= 0.3 is 17.9 Å². The zero-order chi connectivity index (χ0) is 59.4. The smallest absolute Gasteiger partial charge is 0.354 e. The van der Waals surface area contributed by atoms with Gasteiger partial charge in [0.2, 0.25) is 0 Å². The molecule has 2 saturated heterocycles. The maximum Gasteiger partial charge on any atom is 0.354 e. The maximum absolute atomic E-state index is 13.4. The fourth-order valence-corrected chi connectivity index (χ4v) is 8.85. The highest BCUT2D eigenvalue weighted by atomic mass is 16.5. The molecule has 84 heavy (non-hydrogen) atoms. The fraction of sp³-hybridized carbons (Fsp3) is 0.569. The lowest BCUT2D eigenvalue weighted by Crippen LogP contribution is -2.41. The Bertz CT molecular complexity index is 2570. The molecule has 1 atom stereocenters. The normalized spacial score (nSPS) is 18.2. The number of carboxylic acids is 3. The van der Waals surface area contributed by atoms with Crippen LogP contribution in [0.3, 0.4) is 0 Å². The van der Waals surface area contributed by atoms with Gasteiger partial charge in [-0.05, 0) is 67.8 Å². The zero-order valence-electron chi connectivity index (χ0n) is 47.9.